The summed E-state index contributed by atoms with van der Waals surface area (Å²) in [6.07, 6.45) is 0.661. The maximum atomic E-state index is 12.7. The second kappa shape index (κ2) is 9.22. The van der Waals surface area contributed by atoms with Crippen molar-refractivity contribution in [1.29, 1.82) is 0 Å². The van der Waals surface area contributed by atoms with E-state index >= 15 is 0 Å². The monoisotopic (exact) mass is 428 g/mol. The molecular weight excluding hydrogens is 408 g/mol. The van der Waals surface area contributed by atoms with Gasteiger partial charge in [0.2, 0.25) is 15.9 Å². The van der Waals surface area contributed by atoms with E-state index in [1.54, 1.807) is 12.1 Å². The van der Waals surface area contributed by atoms with Crippen LogP contribution in [0.2, 0.25) is 5.02 Å². The number of para-hydroxylation sites is 1. The Morgan fingerprint density at radius 3 is 2.38 bits per heavy atom. The third-order valence-corrected chi connectivity index (χ3v) is 6.43. The van der Waals surface area contributed by atoms with Crippen LogP contribution in [0.3, 0.4) is 0 Å². The number of nitrogens with one attached hydrogen (secondary N) is 1. The molecule has 0 radical (unpaired) electrons. The third kappa shape index (κ3) is 5.44. The summed E-state index contributed by atoms with van der Waals surface area (Å²) in [5.41, 5.74) is 2.73. The van der Waals surface area contributed by atoms with E-state index < -0.39 is 15.9 Å². The van der Waals surface area contributed by atoms with E-state index in [4.69, 9.17) is 11.6 Å². The number of hydrogen-bond acceptors (Lipinski definition) is 3. The van der Waals surface area contributed by atoms with E-state index in [1.807, 2.05) is 54.6 Å². The molecule has 0 bridgehead atoms. The molecule has 3 aromatic rings. The van der Waals surface area contributed by atoms with Gasteiger partial charge in [-0.15, -0.1) is 0 Å². The number of halogens is 1. The van der Waals surface area contributed by atoms with Gasteiger partial charge in [0.25, 0.3) is 0 Å². The lowest BCUT2D eigenvalue weighted by Crippen LogP contribution is -2.35. The number of hydrogen-bond donors (Lipinski definition) is 1. The predicted octanol–water partition coefficient (Wildman–Crippen LogP) is 4.19. The number of sulfonamides is 1. The average Bonchev–Trinajstić information content (AvgIpc) is 2.70. The highest BCUT2D eigenvalue weighted by Crippen LogP contribution is 2.21. The van der Waals surface area contributed by atoms with Crippen molar-refractivity contribution in [3.63, 3.8) is 0 Å². The molecular formula is C22H21ClN2O3S. The van der Waals surface area contributed by atoms with Crippen LogP contribution in [0.5, 0.6) is 0 Å². The van der Waals surface area contributed by atoms with E-state index in [1.165, 1.54) is 19.2 Å². The summed E-state index contributed by atoms with van der Waals surface area (Å²) in [4.78, 5) is 12.6. The molecule has 0 spiro atoms. The first-order valence-electron chi connectivity index (χ1n) is 9.00. The Bertz CT molecular complexity index is 1100. The zero-order valence-electron chi connectivity index (χ0n) is 15.9. The molecule has 1 amide bonds. The van der Waals surface area contributed by atoms with Crippen LogP contribution in [0, 0.1) is 0 Å². The van der Waals surface area contributed by atoms with Crippen molar-refractivity contribution in [1.82, 2.24) is 4.31 Å². The van der Waals surface area contributed by atoms with Crippen molar-refractivity contribution >= 4 is 33.2 Å². The molecule has 150 valence electrons. The summed E-state index contributed by atoms with van der Waals surface area (Å²) in [5, 5.41) is 3.14. The number of carbonyl (C=O) groups excluding carboxylic acids is 1. The van der Waals surface area contributed by atoms with E-state index in [-0.39, 0.29) is 11.4 Å². The number of carbonyl (C=O) groups is 1. The van der Waals surface area contributed by atoms with Gasteiger partial charge in [0.05, 0.1) is 11.4 Å². The Morgan fingerprint density at radius 1 is 0.966 bits per heavy atom. The highest BCUT2D eigenvalue weighted by molar-refractivity contribution is 7.89. The van der Waals surface area contributed by atoms with Crippen molar-refractivity contribution < 1.29 is 13.2 Å². The largest absolute Gasteiger partial charge is 0.325 e. The standard InChI is InChI=1S/C22H21ClN2O3S/c1-25(29(27,28)20-12-7-11-19(23)15-20)16-22(26)24-21-13-6-5-10-18(21)14-17-8-3-2-4-9-17/h2-13,15H,14,16H2,1H3,(H,24,26). The van der Waals surface area contributed by atoms with Crippen molar-refractivity contribution in [3.05, 3.63) is 95.0 Å². The fourth-order valence-electron chi connectivity index (χ4n) is 2.90. The van der Waals surface area contributed by atoms with Crippen LogP contribution in [0.1, 0.15) is 11.1 Å². The molecule has 7 heteroatoms. The highest BCUT2D eigenvalue weighted by atomic mass is 35.5. The fourth-order valence-corrected chi connectivity index (χ4v) is 4.33. The number of likely N-dealkylation sites (N-methyl/N-ethyl adjacent to an activating group) is 1. The maximum absolute atomic E-state index is 12.7. The second-order valence-corrected chi connectivity index (χ2v) is 9.07. The zero-order valence-corrected chi connectivity index (χ0v) is 17.5. The Morgan fingerprint density at radius 2 is 1.66 bits per heavy atom. The molecule has 0 aliphatic heterocycles. The van der Waals surface area contributed by atoms with Gasteiger partial charge >= 0.3 is 0 Å². The van der Waals surface area contributed by atoms with Crippen LogP contribution in [-0.4, -0.2) is 32.2 Å². The molecule has 1 N–H and O–H groups in total. The van der Waals surface area contributed by atoms with Crippen molar-refractivity contribution in [2.75, 3.05) is 18.9 Å². The van der Waals surface area contributed by atoms with Gasteiger partial charge in [0, 0.05) is 17.8 Å². The van der Waals surface area contributed by atoms with Crippen LogP contribution in [-0.2, 0) is 21.2 Å². The lowest BCUT2D eigenvalue weighted by atomic mass is 10.0. The van der Waals surface area contributed by atoms with Gasteiger partial charge in [-0.05, 0) is 41.8 Å². The number of benzene rings is 3. The number of nitrogens with zero attached hydrogens (tertiary/aromatic N) is 1. The quantitative estimate of drug-likeness (QED) is 0.613. The Hall–Kier alpha value is -2.67. The first-order valence-corrected chi connectivity index (χ1v) is 10.8. The maximum Gasteiger partial charge on any atom is 0.243 e. The normalized spacial score (nSPS) is 11.4. The van der Waals surface area contributed by atoms with Crippen LogP contribution < -0.4 is 5.32 Å². The van der Waals surface area contributed by atoms with Gasteiger partial charge in [-0.25, -0.2) is 8.42 Å². The number of anilines is 1. The van der Waals surface area contributed by atoms with E-state index in [2.05, 4.69) is 5.32 Å². The van der Waals surface area contributed by atoms with Gasteiger partial charge < -0.3 is 5.32 Å². The Kier molecular flexibility index (Phi) is 6.69. The molecule has 5 nitrogen and oxygen atoms in total. The molecule has 3 rings (SSSR count). The molecule has 0 aliphatic carbocycles. The predicted molar refractivity (Wildman–Crippen MR) is 116 cm³/mol. The average molecular weight is 429 g/mol. The van der Waals surface area contributed by atoms with E-state index in [0.717, 1.165) is 15.4 Å². The van der Waals surface area contributed by atoms with Gasteiger partial charge in [-0.1, -0.05) is 66.2 Å². The van der Waals surface area contributed by atoms with Crippen molar-refractivity contribution in [3.8, 4) is 0 Å². The topological polar surface area (TPSA) is 66.5 Å². The van der Waals surface area contributed by atoms with Crippen LogP contribution >= 0.6 is 11.6 Å². The summed E-state index contributed by atoms with van der Waals surface area (Å²) >= 11 is 5.89. The molecule has 3 aromatic carbocycles. The lowest BCUT2D eigenvalue weighted by molar-refractivity contribution is -0.116. The minimum atomic E-state index is -3.82. The zero-order chi connectivity index (χ0) is 20.9. The fraction of sp³-hybridized carbons (Fsp3) is 0.136. The second-order valence-electron chi connectivity index (χ2n) is 6.59. The summed E-state index contributed by atoms with van der Waals surface area (Å²) in [6, 6.07) is 23.4. The van der Waals surface area contributed by atoms with Crippen LogP contribution in [0.15, 0.2) is 83.8 Å². The molecule has 29 heavy (non-hydrogen) atoms. The number of rotatable bonds is 7. The van der Waals surface area contributed by atoms with Crippen LogP contribution in [0.4, 0.5) is 5.69 Å². The van der Waals surface area contributed by atoms with Gasteiger partial charge in [0.15, 0.2) is 0 Å². The number of amides is 1. The molecule has 0 aliphatic rings. The Balaban J connectivity index is 1.71. The first kappa shape index (κ1) is 21.0. The van der Waals surface area contributed by atoms with Gasteiger partial charge in [0.1, 0.15) is 0 Å². The summed E-state index contributed by atoms with van der Waals surface area (Å²) in [7, 11) is -2.45. The van der Waals surface area contributed by atoms with Gasteiger partial charge in [-0.3, -0.25) is 4.79 Å². The Labute approximate surface area is 176 Å². The lowest BCUT2D eigenvalue weighted by Gasteiger charge is -2.18. The van der Waals surface area contributed by atoms with Crippen molar-refractivity contribution in [2.45, 2.75) is 11.3 Å². The van der Waals surface area contributed by atoms with E-state index in [9.17, 15) is 13.2 Å². The molecule has 0 heterocycles. The third-order valence-electron chi connectivity index (χ3n) is 4.40. The molecule has 0 atom stereocenters. The molecule has 0 saturated carbocycles. The summed E-state index contributed by atoms with van der Waals surface area (Å²) in [5.74, 6) is -0.418. The first-order chi connectivity index (χ1) is 13.9. The molecule has 0 aromatic heterocycles. The minimum Gasteiger partial charge on any atom is -0.325 e. The summed E-state index contributed by atoms with van der Waals surface area (Å²) in [6.45, 7) is -0.311. The van der Waals surface area contributed by atoms with Gasteiger partial charge in [-0.2, -0.15) is 4.31 Å². The molecule has 0 fully saturated rings. The molecule has 0 unspecified atom stereocenters. The smallest absolute Gasteiger partial charge is 0.243 e. The summed E-state index contributed by atoms with van der Waals surface area (Å²) < 4.78 is 26.3. The molecule has 0 saturated heterocycles. The van der Waals surface area contributed by atoms with E-state index in [0.29, 0.717) is 17.1 Å². The SMILES string of the molecule is CN(CC(=O)Nc1ccccc1Cc1ccccc1)S(=O)(=O)c1cccc(Cl)c1. The minimum absolute atomic E-state index is 0.0461. The van der Waals surface area contributed by atoms with Crippen LogP contribution in [0.25, 0.3) is 0 Å². The van der Waals surface area contributed by atoms with Crippen molar-refractivity contribution in [2.24, 2.45) is 0 Å². The highest BCUT2D eigenvalue weighted by Gasteiger charge is 2.23.